The molecule has 0 fully saturated rings. The van der Waals surface area contributed by atoms with Gasteiger partial charge in [-0.15, -0.1) is 0 Å². The highest BCUT2D eigenvalue weighted by Crippen LogP contribution is 2.30. The summed E-state index contributed by atoms with van der Waals surface area (Å²) in [5, 5.41) is 9.10. The van der Waals surface area contributed by atoms with Crippen molar-refractivity contribution in [2.75, 3.05) is 12.0 Å². The van der Waals surface area contributed by atoms with E-state index in [0.29, 0.717) is 24.2 Å². The highest BCUT2D eigenvalue weighted by atomic mass is 16.5. The van der Waals surface area contributed by atoms with Crippen molar-refractivity contribution in [3.05, 3.63) is 90.1 Å². The molecule has 0 spiro atoms. The first-order chi connectivity index (χ1) is 16.7. The Labute approximate surface area is 196 Å². The standard InChI is InChI=1S/C26H24N6O2/c1-3-33-20-13-15-21(16-14-20)34-25-22(18(2)31-32(25)19-9-5-4-6-10-19)17-27-30-26-28-23-11-7-8-12-24(23)29-26/h4-17H,3H2,1-2H3,(H2,28,29,30)/b27-17-. The monoisotopic (exact) mass is 452 g/mol. The number of hydrogen-bond donors (Lipinski definition) is 2. The lowest BCUT2D eigenvalue weighted by molar-refractivity contribution is 0.339. The van der Waals surface area contributed by atoms with E-state index in [1.54, 1.807) is 10.9 Å². The van der Waals surface area contributed by atoms with Gasteiger partial charge in [-0.05, 0) is 62.4 Å². The predicted octanol–water partition coefficient (Wildman–Crippen LogP) is 5.69. The number of hydrazone groups is 1. The van der Waals surface area contributed by atoms with Gasteiger partial charge < -0.3 is 14.5 Å². The molecule has 34 heavy (non-hydrogen) atoms. The van der Waals surface area contributed by atoms with E-state index < -0.39 is 0 Å². The van der Waals surface area contributed by atoms with Crippen LogP contribution in [0.15, 0.2) is 84.0 Å². The molecular weight excluding hydrogens is 428 g/mol. The van der Waals surface area contributed by atoms with Crippen molar-refractivity contribution in [3.63, 3.8) is 0 Å². The number of imidazole rings is 1. The van der Waals surface area contributed by atoms with E-state index in [1.165, 1.54) is 0 Å². The highest BCUT2D eigenvalue weighted by Gasteiger charge is 2.18. The fourth-order valence-electron chi connectivity index (χ4n) is 3.56. The second-order valence-corrected chi connectivity index (χ2v) is 7.53. The zero-order valence-corrected chi connectivity index (χ0v) is 18.9. The third kappa shape index (κ3) is 4.47. The summed E-state index contributed by atoms with van der Waals surface area (Å²) < 4.78 is 13.6. The van der Waals surface area contributed by atoms with Crippen LogP contribution in [-0.4, -0.2) is 32.6 Å². The van der Waals surface area contributed by atoms with Crippen LogP contribution in [0.1, 0.15) is 18.2 Å². The Hall–Kier alpha value is -4.59. The van der Waals surface area contributed by atoms with Gasteiger partial charge in [-0.3, -0.25) is 0 Å². The van der Waals surface area contributed by atoms with Crippen molar-refractivity contribution < 1.29 is 9.47 Å². The summed E-state index contributed by atoms with van der Waals surface area (Å²) in [6.07, 6.45) is 1.69. The molecule has 0 amide bonds. The van der Waals surface area contributed by atoms with Crippen molar-refractivity contribution in [1.29, 1.82) is 0 Å². The van der Waals surface area contributed by atoms with E-state index in [9.17, 15) is 0 Å². The topological polar surface area (TPSA) is 89.3 Å². The maximum absolute atomic E-state index is 6.30. The first kappa shape index (κ1) is 21.3. The van der Waals surface area contributed by atoms with Crippen LogP contribution < -0.4 is 14.9 Å². The highest BCUT2D eigenvalue weighted by molar-refractivity contribution is 5.85. The summed E-state index contributed by atoms with van der Waals surface area (Å²) in [4.78, 5) is 7.69. The third-order valence-electron chi connectivity index (χ3n) is 5.17. The number of hydrogen-bond acceptors (Lipinski definition) is 6. The van der Waals surface area contributed by atoms with E-state index in [2.05, 4.69) is 20.5 Å². The number of aryl methyl sites for hydroxylation is 1. The lowest BCUT2D eigenvalue weighted by Crippen LogP contribution is -2.01. The Morgan fingerprint density at radius 3 is 2.47 bits per heavy atom. The van der Waals surface area contributed by atoms with Gasteiger partial charge in [0.15, 0.2) is 0 Å². The number of nitrogens with zero attached hydrogens (tertiary/aromatic N) is 4. The quantitative estimate of drug-likeness (QED) is 0.233. The Kier molecular flexibility index (Phi) is 5.94. The van der Waals surface area contributed by atoms with Crippen LogP contribution in [0.2, 0.25) is 0 Å². The van der Waals surface area contributed by atoms with Crippen LogP contribution in [0.3, 0.4) is 0 Å². The van der Waals surface area contributed by atoms with Gasteiger partial charge in [0.25, 0.3) is 0 Å². The van der Waals surface area contributed by atoms with Crippen LogP contribution in [-0.2, 0) is 0 Å². The summed E-state index contributed by atoms with van der Waals surface area (Å²) in [6, 6.07) is 25.2. The molecule has 0 bridgehead atoms. The van der Waals surface area contributed by atoms with Crippen LogP contribution >= 0.6 is 0 Å². The van der Waals surface area contributed by atoms with E-state index in [4.69, 9.17) is 14.6 Å². The van der Waals surface area contributed by atoms with Crippen molar-refractivity contribution in [3.8, 4) is 23.1 Å². The van der Waals surface area contributed by atoms with Crippen molar-refractivity contribution in [2.45, 2.75) is 13.8 Å². The van der Waals surface area contributed by atoms with E-state index in [-0.39, 0.29) is 0 Å². The molecule has 0 atom stereocenters. The third-order valence-corrected chi connectivity index (χ3v) is 5.17. The maximum atomic E-state index is 6.30. The van der Waals surface area contributed by atoms with Gasteiger partial charge in [0.1, 0.15) is 11.5 Å². The number of ether oxygens (including phenoxy) is 2. The Balaban J connectivity index is 1.46. The minimum atomic E-state index is 0.555. The molecular formula is C26H24N6O2. The molecule has 8 heteroatoms. The molecule has 2 N–H and O–H groups in total. The predicted molar refractivity (Wildman–Crippen MR) is 133 cm³/mol. The Bertz CT molecular complexity index is 1390. The molecule has 0 aliphatic carbocycles. The number of aromatic amines is 1. The van der Waals surface area contributed by atoms with Gasteiger partial charge in [-0.2, -0.15) is 14.9 Å². The zero-order valence-electron chi connectivity index (χ0n) is 18.9. The average Bonchev–Trinajstić information content (AvgIpc) is 3.42. The minimum absolute atomic E-state index is 0.555. The first-order valence-corrected chi connectivity index (χ1v) is 11.0. The number of fused-ring (bicyclic) bond motifs is 1. The summed E-state index contributed by atoms with van der Waals surface area (Å²) >= 11 is 0. The molecule has 0 unspecified atom stereocenters. The van der Waals surface area contributed by atoms with Crippen LogP contribution in [0, 0.1) is 6.92 Å². The molecule has 0 aliphatic rings. The molecule has 0 saturated heterocycles. The number of H-pyrrole nitrogens is 1. The van der Waals surface area contributed by atoms with E-state index >= 15 is 0 Å². The smallest absolute Gasteiger partial charge is 0.231 e. The molecule has 170 valence electrons. The van der Waals surface area contributed by atoms with E-state index in [1.807, 2.05) is 92.7 Å². The van der Waals surface area contributed by atoms with Crippen LogP contribution in [0.4, 0.5) is 5.95 Å². The van der Waals surface area contributed by atoms with Gasteiger partial charge in [0.2, 0.25) is 11.8 Å². The van der Waals surface area contributed by atoms with Crippen molar-refractivity contribution in [1.82, 2.24) is 19.7 Å². The van der Waals surface area contributed by atoms with Gasteiger partial charge in [0, 0.05) is 0 Å². The Morgan fingerprint density at radius 2 is 1.71 bits per heavy atom. The van der Waals surface area contributed by atoms with Gasteiger partial charge >= 0.3 is 0 Å². The summed E-state index contributed by atoms with van der Waals surface area (Å²) in [5.74, 6) is 2.57. The second-order valence-electron chi connectivity index (χ2n) is 7.53. The molecule has 5 rings (SSSR count). The number of rotatable bonds is 8. The lowest BCUT2D eigenvalue weighted by Gasteiger charge is -2.11. The number of aromatic nitrogens is 4. The van der Waals surface area contributed by atoms with Crippen molar-refractivity contribution >= 4 is 23.2 Å². The maximum Gasteiger partial charge on any atom is 0.231 e. The fourth-order valence-corrected chi connectivity index (χ4v) is 3.56. The molecule has 2 aromatic heterocycles. The fraction of sp³-hybridized carbons (Fsp3) is 0.115. The lowest BCUT2D eigenvalue weighted by atomic mass is 10.2. The number of anilines is 1. The number of para-hydroxylation sites is 3. The number of benzene rings is 3. The first-order valence-electron chi connectivity index (χ1n) is 11.0. The van der Waals surface area contributed by atoms with Crippen LogP contribution in [0.5, 0.6) is 17.4 Å². The SMILES string of the molecule is CCOc1ccc(Oc2c(/C=N\Nc3nc4ccccc4[nH]3)c(C)nn2-c2ccccc2)cc1. The average molecular weight is 453 g/mol. The molecule has 0 radical (unpaired) electrons. The largest absolute Gasteiger partial charge is 0.494 e. The summed E-state index contributed by atoms with van der Waals surface area (Å²) in [6.45, 7) is 4.49. The van der Waals surface area contributed by atoms with Gasteiger partial charge in [-0.1, -0.05) is 30.3 Å². The van der Waals surface area contributed by atoms with Crippen molar-refractivity contribution in [2.24, 2.45) is 5.10 Å². The van der Waals surface area contributed by atoms with Gasteiger partial charge in [-0.25, -0.2) is 10.4 Å². The molecule has 2 heterocycles. The summed E-state index contributed by atoms with van der Waals surface area (Å²) in [5.41, 5.74) is 7.19. The normalized spacial score (nSPS) is 11.2. The van der Waals surface area contributed by atoms with E-state index in [0.717, 1.165) is 33.7 Å². The molecule has 5 aromatic rings. The molecule has 8 nitrogen and oxygen atoms in total. The van der Waals surface area contributed by atoms with Gasteiger partial charge in [0.05, 0.1) is 40.8 Å². The second kappa shape index (κ2) is 9.50. The molecule has 3 aromatic carbocycles. The molecule has 0 saturated carbocycles. The Morgan fingerprint density at radius 1 is 0.971 bits per heavy atom. The number of nitrogens with one attached hydrogen (secondary N) is 2. The molecule has 0 aliphatic heterocycles. The minimum Gasteiger partial charge on any atom is -0.494 e. The van der Waals surface area contributed by atoms with Crippen LogP contribution in [0.25, 0.3) is 16.7 Å². The zero-order chi connectivity index (χ0) is 23.3. The summed E-state index contributed by atoms with van der Waals surface area (Å²) in [7, 11) is 0.